The van der Waals surface area contributed by atoms with E-state index in [4.69, 9.17) is 42.8 Å². The quantitative estimate of drug-likeness (QED) is 0.0437. The summed E-state index contributed by atoms with van der Waals surface area (Å²) >= 11 is 18.7. The number of alkyl halides is 1. The largest absolute Gasteiger partial charge is 0.481 e. The van der Waals surface area contributed by atoms with E-state index in [9.17, 15) is 42.7 Å². The fraction of sp³-hybridized carbons (Fsp3) is 0.446. The van der Waals surface area contributed by atoms with Crippen LogP contribution in [0.4, 0.5) is 18.4 Å². The number of esters is 2. The standard InChI is InChI=1S/C27H30ClFN6O5S.C17H14BrClFN3O2S.C11H18N2O3.CH3/c1-3-40-26(38)21-19(14-33-8-9-34-16(12-33)13-35(27(34)39)15(2)11-20(36)37)31-24(25-30-7-10-41-25)32-23(21)17-5-4-6-18(29)22(17)28;1-2-25-17(24)12-11(8-18)22-15(16-21-6-7-26-16)23-14(12)9-4-3-5-10(20)13(9)19;1-8(6-10(14)15)13-7-9-4-2-3-5-12(9)11(13)16;/h4-7,10,15-16,23H,3,8-9,11-14H2,1-2H3,(H,31,32)(H,36,37);3-7,14H,2,8H2,1H3,(H,22,23);8-9H,2-7H2,1H3,(H,14,15);1H3/q;;;-1/t15-,16-,23-;14-;8-,9-;/m000./s1. The number of allylic oxidation sites excluding steroid dienone is 1. The van der Waals surface area contributed by atoms with E-state index in [1.165, 1.54) is 53.4 Å². The number of hydrogen-bond acceptors (Lipinski definition) is 17. The van der Waals surface area contributed by atoms with Crippen LogP contribution in [0.15, 0.2) is 92.1 Å². The van der Waals surface area contributed by atoms with Gasteiger partial charge in [-0.15, -0.1) is 22.7 Å². The van der Waals surface area contributed by atoms with Crippen LogP contribution in [0.1, 0.15) is 93.0 Å². The number of fused-ring (bicyclic) bond motifs is 2. The van der Waals surface area contributed by atoms with Gasteiger partial charge in [0.1, 0.15) is 23.7 Å². The highest BCUT2D eigenvalue weighted by atomic mass is 79.9. The molecule has 4 amide bonds. The van der Waals surface area contributed by atoms with Crippen molar-refractivity contribution < 1.29 is 57.2 Å². The summed E-state index contributed by atoms with van der Waals surface area (Å²) in [7, 11) is 0. The zero-order valence-corrected chi connectivity index (χ0v) is 51.5. The number of rotatable bonds is 17. The Morgan fingerprint density at radius 2 is 1.19 bits per heavy atom. The van der Waals surface area contributed by atoms with Crippen LogP contribution in [0.3, 0.4) is 0 Å². The molecule has 6 atom stereocenters. The number of amidine groups is 2. The van der Waals surface area contributed by atoms with E-state index in [-0.39, 0.29) is 78.8 Å². The number of piperidine rings is 1. The predicted octanol–water partition coefficient (Wildman–Crippen LogP) is 8.96. The summed E-state index contributed by atoms with van der Waals surface area (Å²) in [5, 5.41) is 29.4. The molecule has 6 aliphatic rings. The summed E-state index contributed by atoms with van der Waals surface area (Å²) in [5.74, 6) is -3.19. The van der Waals surface area contributed by atoms with Crippen molar-refractivity contribution in [3.63, 3.8) is 0 Å². The number of aliphatic carboxylic acids is 2. The number of urea groups is 2. The van der Waals surface area contributed by atoms with Crippen molar-refractivity contribution in [2.45, 2.75) is 96.1 Å². The lowest BCUT2D eigenvalue weighted by Gasteiger charge is -2.38. The summed E-state index contributed by atoms with van der Waals surface area (Å²) in [6.07, 6.45) is 6.52. The first kappa shape index (κ1) is 65.0. The van der Waals surface area contributed by atoms with Crippen molar-refractivity contribution in [3.05, 3.63) is 132 Å². The van der Waals surface area contributed by atoms with Crippen LogP contribution >= 0.6 is 61.8 Å². The predicted molar refractivity (Wildman–Crippen MR) is 318 cm³/mol. The van der Waals surface area contributed by atoms with E-state index in [0.29, 0.717) is 94.8 Å². The third-order valence-electron chi connectivity index (χ3n) is 14.6. The van der Waals surface area contributed by atoms with Crippen LogP contribution in [-0.4, -0.2) is 181 Å². The fourth-order valence-electron chi connectivity index (χ4n) is 10.7. The van der Waals surface area contributed by atoms with Gasteiger partial charge in [-0.05, 0) is 59.1 Å². The molecule has 4 saturated heterocycles. The highest BCUT2D eigenvalue weighted by molar-refractivity contribution is 9.09. The minimum absolute atomic E-state index is 0. The second-order valence-corrected chi connectivity index (χ2v) is 23.1. The zero-order valence-electron chi connectivity index (χ0n) is 46.7. The van der Waals surface area contributed by atoms with E-state index in [1.807, 2.05) is 17.2 Å². The number of hydrogen-bond donors (Lipinski definition) is 4. The monoisotopic (exact) mass is 1300 g/mol. The van der Waals surface area contributed by atoms with Crippen LogP contribution < -0.4 is 10.6 Å². The second-order valence-electron chi connectivity index (χ2n) is 20.0. The van der Waals surface area contributed by atoms with E-state index < -0.39 is 53.6 Å². The van der Waals surface area contributed by atoms with Crippen LogP contribution in [0, 0.1) is 19.1 Å². The molecule has 84 heavy (non-hydrogen) atoms. The number of carboxylic acid groups (broad SMARTS) is 2. The number of carbonyl (C=O) groups is 6. The highest BCUT2D eigenvalue weighted by Crippen LogP contribution is 2.40. The van der Waals surface area contributed by atoms with Crippen molar-refractivity contribution >= 4 is 109 Å². The lowest BCUT2D eigenvalue weighted by Crippen LogP contribution is -2.53. The first-order valence-electron chi connectivity index (χ1n) is 26.9. The third-order valence-corrected chi connectivity index (χ3v) is 17.5. The number of ether oxygens (including phenoxy) is 2. The summed E-state index contributed by atoms with van der Waals surface area (Å²) in [6.45, 7) is 11.1. The Balaban J connectivity index is 0.000000200. The zero-order chi connectivity index (χ0) is 59.6. The average molecular weight is 1310 g/mol. The Bertz CT molecular complexity index is 3190. The van der Waals surface area contributed by atoms with Gasteiger partial charge >= 0.3 is 35.9 Å². The van der Waals surface area contributed by atoms with E-state index in [1.54, 1.807) is 65.4 Å². The molecule has 21 nitrogen and oxygen atoms in total. The third kappa shape index (κ3) is 14.9. The number of thiazole rings is 2. The summed E-state index contributed by atoms with van der Waals surface area (Å²) in [5.41, 5.74) is 2.34. The Labute approximate surface area is 511 Å². The minimum Gasteiger partial charge on any atom is -0.481 e. The maximum Gasteiger partial charge on any atom is 0.338 e. The van der Waals surface area contributed by atoms with Crippen LogP contribution in [0.25, 0.3) is 0 Å². The summed E-state index contributed by atoms with van der Waals surface area (Å²) < 4.78 is 39.2. The van der Waals surface area contributed by atoms with Crippen molar-refractivity contribution in [2.75, 3.05) is 64.4 Å². The second kappa shape index (κ2) is 29.5. The van der Waals surface area contributed by atoms with Gasteiger partial charge in [-0.3, -0.25) is 24.5 Å². The normalized spacial score (nSPS) is 21.0. The number of nitrogens with zero attached hydrogens (tertiary/aromatic N) is 9. The number of carboxylic acids is 2. The number of aliphatic imine (C=N–C) groups is 2. The fourth-order valence-corrected chi connectivity index (χ4v) is 12.7. The number of aromatic nitrogens is 2. The molecule has 452 valence electrons. The smallest absolute Gasteiger partial charge is 0.338 e. The number of halogens is 5. The molecule has 0 saturated carbocycles. The molecule has 0 radical (unpaired) electrons. The van der Waals surface area contributed by atoms with Gasteiger partial charge in [0.25, 0.3) is 0 Å². The lowest BCUT2D eigenvalue weighted by atomic mass is 9.95. The number of nitrogens with one attached hydrogen (secondary N) is 2. The van der Waals surface area contributed by atoms with Gasteiger partial charge in [-0.1, -0.05) is 63.4 Å². The molecule has 2 aromatic carbocycles. The first-order chi connectivity index (χ1) is 39.8. The van der Waals surface area contributed by atoms with E-state index in [0.717, 1.165) is 19.4 Å². The molecule has 6 aliphatic heterocycles. The van der Waals surface area contributed by atoms with E-state index in [2.05, 4.69) is 46.4 Å². The average Bonchev–Trinajstić information content (AvgIpc) is 4.50. The molecular formula is C56H65BrCl2F2N11O10S2-. The minimum atomic E-state index is -0.954. The van der Waals surface area contributed by atoms with Crippen LogP contribution in [-0.2, 0) is 28.7 Å². The summed E-state index contributed by atoms with van der Waals surface area (Å²) in [4.78, 5) is 100.0. The van der Waals surface area contributed by atoms with Gasteiger partial charge in [0, 0.05) is 109 Å². The van der Waals surface area contributed by atoms with E-state index >= 15 is 0 Å². The maximum atomic E-state index is 14.5. The van der Waals surface area contributed by atoms with Crippen molar-refractivity contribution in [3.8, 4) is 0 Å². The number of amides is 4. The molecule has 4 aromatic rings. The van der Waals surface area contributed by atoms with Crippen molar-refractivity contribution in [1.82, 2.24) is 45.1 Å². The molecule has 4 N–H and O–H groups in total. The Kier molecular flexibility index (Phi) is 22.8. The number of carbonyl (C=O) groups excluding carboxylic acids is 4. The topological polar surface area (TPSA) is 252 Å². The molecule has 8 heterocycles. The van der Waals surface area contributed by atoms with Crippen LogP contribution in [0.2, 0.25) is 10.0 Å². The van der Waals surface area contributed by atoms with Gasteiger partial charge in [-0.25, -0.2) is 37.9 Å². The SMILES string of the molecule is CCOC(=O)C1=C(CBr)NC(c2nccs2)=N[C@H]1c1cccc(F)c1Cl.CCOC(=O)C1=C(CN2CCN3C(=O)N([C@@H](C)CC(=O)O)C[C@@H]3C2)NC(c2nccs2)=N[C@H]1c1cccc(F)c1Cl.C[C@@H](CC(=O)O)N1C[C@@H]2CCCCN2C1=O.[CH3-]. The maximum absolute atomic E-state index is 14.5. The van der Waals surface area contributed by atoms with Crippen molar-refractivity contribution in [2.24, 2.45) is 9.98 Å². The number of benzene rings is 2. The Morgan fingerprint density at radius 3 is 1.64 bits per heavy atom. The Hall–Kier alpha value is -6.58. The molecule has 28 heteroatoms. The number of piperazine rings is 1. The first-order valence-corrected chi connectivity index (χ1v) is 30.5. The highest BCUT2D eigenvalue weighted by Gasteiger charge is 2.44. The molecule has 0 spiro atoms. The molecule has 10 rings (SSSR count). The van der Waals surface area contributed by atoms with Crippen molar-refractivity contribution in [1.29, 1.82) is 0 Å². The molecule has 0 unspecified atom stereocenters. The Morgan fingerprint density at radius 1 is 0.714 bits per heavy atom. The van der Waals surface area contributed by atoms with Gasteiger partial charge < -0.3 is 57.3 Å². The van der Waals surface area contributed by atoms with Gasteiger partial charge in [-0.2, -0.15) is 0 Å². The van der Waals surface area contributed by atoms with Crippen LogP contribution in [0.5, 0.6) is 0 Å². The van der Waals surface area contributed by atoms with Gasteiger partial charge in [0.05, 0.1) is 59.3 Å². The molecule has 0 aliphatic carbocycles. The molecule has 4 fully saturated rings. The molecule has 0 bridgehead atoms. The molecular weight excluding hydrogens is 1240 g/mol. The lowest BCUT2D eigenvalue weighted by molar-refractivity contribution is -0.139. The molecule has 2 aromatic heterocycles. The van der Waals surface area contributed by atoms with Gasteiger partial charge in [0.2, 0.25) is 0 Å². The summed E-state index contributed by atoms with van der Waals surface area (Å²) in [6, 6.07) is 6.53. The van der Waals surface area contributed by atoms with Gasteiger partial charge in [0.15, 0.2) is 21.7 Å².